The van der Waals surface area contributed by atoms with E-state index in [-0.39, 0.29) is 24.3 Å². The average molecular weight is 438 g/mol. The second-order valence-corrected chi connectivity index (χ2v) is 8.66. The van der Waals surface area contributed by atoms with Crippen LogP contribution in [0.1, 0.15) is 29.8 Å². The van der Waals surface area contributed by atoms with Crippen molar-refractivity contribution in [2.24, 2.45) is 0 Å². The first-order valence-electron chi connectivity index (χ1n) is 9.58. The summed E-state index contributed by atoms with van der Waals surface area (Å²) in [5.74, 6) is -0.230. The first kappa shape index (κ1) is 20.4. The Morgan fingerprint density at radius 2 is 1.97 bits per heavy atom. The van der Waals surface area contributed by atoms with Crippen LogP contribution >= 0.6 is 23.4 Å². The quantitative estimate of drug-likeness (QED) is 0.590. The number of benzene rings is 2. The molecule has 0 bridgehead atoms. The van der Waals surface area contributed by atoms with Crippen LogP contribution in [0.25, 0.3) is 0 Å². The van der Waals surface area contributed by atoms with E-state index < -0.39 is 0 Å². The van der Waals surface area contributed by atoms with Crippen LogP contribution in [-0.4, -0.2) is 22.8 Å². The number of rotatable bonds is 4. The zero-order valence-corrected chi connectivity index (χ0v) is 18.1. The van der Waals surface area contributed by atoms with E-state index in [1.807, 2.05) is 50.2 Å². The molecule has 2 heterocycles. The van der Waals surface area contributed by atoms with Gasteiger partial charge in [-0.05, 0) is 55.8 Å². The molecule has 1 aliphatic heterocycles. The zero-order valence-electron chi connectivity index (χ0n) is 16.6. The lowest BCUT2D eigenvalue weighted by Gasteiger charge is -2.27. The third-order valence-corrected chi connectivity index (χ3v) is 6.19. The first-order chi connectivity index (χ1) is 14.4. The predicted molar refractivity (Wildman–Crippen MR) is 121 cm³/mol. The summed E-state index contributed by atoms with van der Waals surface area (Å²) in [5.41, 5.74) is 2.82. The number of hydrogen-bond acceptors (Lipinski definition) is 4. The van der Waals surface area contributed by atoms with E-state index in [0.717, 1.165) is 16.1 Å². The molecule has 30 heavy (non-hydrogen) atoms. The average Bonchev–Trinajstić information content (AvgIpc) is 2.83. The van der Waals surface area contributed by atoms with E-state index in [1.54, 1.807) is 29.3 Å². The fraction of sp³-hybridized carbons (Fsp3) is 0.174. The molecular formula is C23H20ClN3O2S. The lowest BCUT2D eigenvalue weighted by Crippen LogP contribution is -2.37. The Hall–Kier alpha value is -2.83. The van der Waals surface area contributed by atoms with Crippen LogP contribution in [0.2, 0.25) is 5.02 Å². The number of halogens is 1. The number of nitrogens with one attached hydrogen (secondary N) is 1. The van der Waals surface area contributed by atoms with Crippen molar-refractivity contribution >= 4 is 46.6 Å². The maximum Gasteiger partial charge on any atom is 0.261 e. The fourth-order valence-electron chi connectivity index (χ4n) is 3.38. The van der Waals surface area contributed by atoms with Crippen LogP contribution in [0.4, 0.5) is 11.4 Å². The summed E-state index contributed by atoms with van der Waals surface area (Å²) in [4.78, 5) is 32.7. The number of nitrogens with zero attached hydrogens (tertiary/aromatic N) is 2. The molecule has 1 N–H and O–H groups in total. The van der Waals surface area contributed by atoms with Gasteiger partial charge >= 0.3 is 0 Å². The van der Waals surface area contributed by atoms with Crippen molar-refractivity contribution in [3.05, 3.63) is 76.9 Å². The number of amides is 2. The molecule has 5 nitrogen and oxygen atoms in total. The number of carbonyl (C=O) groups is 2. The zero-order chi connectivity index (χ0) is 21.3. The van der Waals surface area contributed by atoms with Crippen molar-refractivity contribution in [2.45, 2.75) is 36.2 Å². The Kier molecular flexibility index (Phi) is 5.79. The minimum absolute atomic E-state index is 0.0244. The van der Waals surface area contributed by atoms with E-state index in [4.69, 9.17) is 11.6 Å². The van der Waals surface area contributed by atoms with Gasteiger partial charge < -0.3 is 10.2 Å². The summed E-state index contributed by atoms with van der Waals surface area (Å²) in [6.45, 7) is 3.96. The van der Waals surface area contributed by atoms with Crippen molar-refractivity contribution in [3.63, 3.8) is 0 Å². The van der Waals surface area contributed by atoms with Crippen molar-refractivity contribution in [2.75, 3.05) is 10.2 Å². The number of fused-ring (bicyclic) bond motifs is 2. The molecule has 0 aliphatic carbocycles. The minimum Gasteiger partial charge on any atom is -0.326 e. The summed E-state index contributed by atoms with van der Waals surface area (Å²) in [6, 6.07) is 16.4. The number of hydrogen-bond donors (Lipinski definition) is 1. The molecule has 0 saturated heterocycles. The van der Waals surface area contributed by atoms with E-state index >= 15 is 0 Å². The highest BCUT2D eigenvalue weighted by Gasteiger charge is 2.30. The number of carbonyl (C=O) groups excluding carboxylic acids is 2. The second-order valence-electron chi connectivity index (χ2n) is 7.23. The number of pyridine rings is 1. The maximum absolute atomic E-state index is 13.1. The molecule has 0 saturated carbocycles. The van der Waals surface area contributed by atoms with Gasteiger partial charge in [0.1, 0.15) is 5.03 Å². The highest BCUT2D eigenvalue weighted by molar-refractivity contribution is 7.99. The monoisotopic (exact) mass is 437 g/mol. The Labute approximate surface area is 184 Å². The van der Waals surface area contributed by atoms with Gasteiger partial charge in [-0.1, -0.05) is 41.6 Å². The smallest absolute Gasteiger partial charge is 0.261 e. The summed E-state index contributed by atoms with van der Waals surface area (Å²) in [7, 11) is 0. The van der Waals surface area contributed by atoms with E-state index in [1.165, 1.54) is 11.8 Å². The van der Waals surface area contributed by atoms with Gasteiger partial charge in [-0.15, -0.1) is 0 Å². The van der Waals surface area contributed by atoms with Crippen molar-refractivity contribution in [1.82, 2.24) is 4.98 Å². The maximum atomic E-state index is 13.1. The van der Waals surface area contributed by atoms with Crippen LogP contribution in [0.3, 0.4) is 0 Å². The van der Waals surface area contributed by atoms with Crippen LogP contribution in [0, 0.1) is 0 Å². The normalized spacial score (nSPS) is 12.9. The third kappa shape index (κ3) is 4.06. The van der Waals surface area contributed by atoms with Crippen molar-refractivity contribution < 1.29 is 9.59 Å². The molecule has 1 aromatic heterocycles. The van der Waals surface area contributed by atoms with Gasteiger partial charge in [-0.3, -0.25) is 9.59 Å². The summed E-state index contributed by atoms with van der Waals surface area (Å²) < 4.78 is 0. The van der Waals surface area contributed by atoms with Crippen molar-refractivity contribution in [3.8, 4) is 0 Å². The Balaban J connectivity index is 1.64. The van der Waals surface area contributed by atoms with Gasteiger partial charge in [0.2, 0.25) is 5.91 Å². The number of anilines is 2. The third-order valence-electron chi connectivity index (χ3n) is 4.76. The van der Waals surface area contributed by atoms with E-state index in [9.17, 15) is 9.59 Å². The Morgan fingerprint density at radius 3 is 2.73 bits per heavy atom. The Morgan fingerprint density at radius 1 is 1.17 bits per heavy atom. The van der Waals surface area contributed by atoms with Gasteiger partial charge in [0.25, 0.3) is 5.91 Å². The van der Waals surface area contributed by atoms with Crippen LogP contribution in [-0.2, 0) is 11.2 Å². The molecule has 0 atom stereocenters. The molecule has 2 amide bonds. The Bertz CT molecular complexity index is 1130. The van der Waals surface area contributed by atoms with Gasteiger partial charge in [-0.25, -0.2) is 4.98 Å². The van der Waals surface area contributed by atoms with E-state index in [2.05, 4.69) is 10.3 Å². The summed E-state index contributed by atoms with van der Waals surface area (Å²) in [5, 5.41) is 4.16. The molecule has 0 radical (unpaired) electrons. The van der Waals surface area contributed by atoms with Crippen molar-refractivity contribution in [1.29, 1.82) is 0 Å². The molecule has 0 fully saturated rings. The summed E-state index contributed by atoms with van der Waals surface area (Å²) in [6.07, 6.45) is 1.87. The van der Waals surface area contributed by atoms with Crippen LogP contribution in [0.15, 0.2) is 70.7 Å². The number of aromatic nitrogens is 1. The van der Waals surface area contributed by atoms with Crippen LogP contribution < -0.4 is 10.2 Å². The molecule has 4 rings (SSSR count). The van der Waals surface area contributed by atoms with Gasteiger partial charge in [0.15, 0.2) is 0 Å². The summed E-state index contributed by atoms with van der Waals surface area (Å²) >= 11 is 7.59. The minimum atomic E-state index is -0.156. The van der Waals surface area contributed by atoms with Crippen LogP contribution in [0.5, 0.6) is 0 Å². The largest absolute Gasteiger partial charge is 0.326 e. The molecule has 0 spiro atoms. The highest BCUT2D eigenvalue weighted by atomic mass is 35.5. The van der Waals surface area contributed by atoms with E-state index in [0.29, 0.717) is 21.3 Å². The van der Waals surface area contributed by atoms with Gasteiger partial charge in [0, 0.05) is 27.8 Å². The SMILES string of the molecule is CC(C)N1C(=O)c2cccnc2Sc2cc(NC(=O)Cc3ccccc3Cl)ccc21. The molecule has 152 valence electrons. The molecule has 3 aromatic rings. The first-order valence-corrected chi connectivity index (χ1v) is 10.8. The lowest BCUT2D eigenvalue weighted by molar-refractivity contribution is -0.115. The predicted octanol–water partition coefficient (Wildman–Crippen LogP) is 5.44. The fourth-order valence-corrected chi connectivity index (χ4v) is 4.63. The lowest BCUT2D eigenvalue weighted by atomic mass is 10.1. The molecule has 7 heteroatoms. The second kappa shape index (κ2) is 8.50. The molecule has 2 aromatic carbocycles. The van der Waals surface area contributed by atoms with Gasteiger partial charge in [0.05, 0.1) is 17.7 Å². The topological polar surface area (TPSA) is 62.3 Å². The molecular weight excluding hydrogens is 418 g/mol. The highest BCUT2D eigenvalue weighted by Crippen LogP contribution is 2.42. The standard InChI is InChI=1S/C23H20ClN3O2S/c1-14(2)27-19-10-9-16(26-21(28)12-15-6-3-4-8-18(15)24)13-20(19)30-22-17(23(27)29)7-5-11-25-22/h3-11,13-14H,12H2,1-2H3,(H,26,28). The molecule has 0 unspecified atom stereocenters. The van der Waals surface area contributed by atoms with Gasteiger partial charge in [-0.2, -0.15) is 0 Å². The molecule has 1 aliphatic rings.